The number of methoxy groups -OCH3 is 2. The summed E-state index contributed by atoms with van der Waals surface area (Å²) in [5.74, 6) is 0.732. The number of aliphatic hydroxyl groups excluding tert-OH is 1. The topological polar surface area (TPSA) is 95.5 Å². The number of benzene rings is 2. The summed E-state index contributed by atoms with van der Waals surface area (Å²) in [6, 6.07) is 16.7. The van der Waals surface area contributed by atoms with Gasteiger partial charge in [0, 0.05) is 13.7 Å². The molecule has 0 heterocycles. The Balaban J connectivity index is 1.93. The van der Waals surface area contributed by atoms with Crippen LogP contribution in [0.3, 0.4) is 0 Å². The highest BCUT2D eigenvalue weighted by Gasteiger charge is 2.29. The molecule has 1 amide bonds. The summed E-state index contributed by atoms with van der Waals surface area (Å²) in [7, 11) is 3.09. The lowest BCUT2D eigenvalue weighted by atomic mass is 10.1. The molecule has 2 rings (SSSR count). The van der Waals surface area contributed by atoms with Crippen molar-refractivity contribution < 1.29 is 33.6 Å². The van der Waals surface area contributed by atoms with Gasteiger partial charge >= 0.3 is 6.09 Å². The Morgan fingerprint density at radius 2 is 1.72 bits per heavy atom. The van der Waals surface area contributed by atoms with Gasteiger partial charge in [-0.05, 0) is 23.3 Å². The molecule has 3 atom stereocenters. The molecule has 8 heteroatoms. The minimum atomic E-state index is -1.09. The van der Waals surface area contributed by atoms with Crippen molar-refractivity contribution in [2.75, 3.05) is 27.6 Å². The van der Waals surface area contributed by atoms with Gasteiger partial charge in [0.25, 0.3) is 0 Å². The van der Waals surface area contributed by atoms with Crippen LogP contribution >= 0.6 is 0 Å². The number of rotatable bonds is 14. The highest BCUT2D eigenvalue weighted by Crippen LogP contribution is 2.16. The fourth-order valence-electron chi connectivity index (χ4n) is 2.86. The fraction of sp³-hybridized carbons (Fsp3) is 0.375. The molecule has 2 aromatic rings. The van der Waals surface area contributed by atoms with E-state index in [0.29, 0.717) is 0 Å². The Morgan fingerprint density at radius 3 is 2.34 bits per heavy atom. The van der Waals surface area contributed by atoms with Crippen LogP contribution < -0.4 is 10.1 Å². The van der Waals surface area contributed by atoms with Crippen LogP contribution in [0.4, 0.5) is 4.79 Å². The predicted molar refractivity (Wildman–Crippen MR) is 119 cm³/mol. The maximum absolute atomic E-state index is 12.0. The van der Waals surface area contributed by atoms with E-state index in [1.807, 2.05) is 54.6 Å². The molecule has 0 aliphatic carbocycles. The molecule has 32 heavy (non-hydrogen) atoms. The van der Waals surface area contributed by atoms with Gasteiger partial charge < -0.3 is 34.1 Å². The van der Waals surface area contributed by atoms with Crippen LogP contribution in [-0.2, 0) is 32.2 Å². The van der Waals surface area contributed by atoms with E-state index in [2.05, 4.69) is 11.9 Å². The van der Waals surface area contributed by atoms with E-state index in [1.165, 1.54) is 13.2 Å². The van der Waals surface area contributed by atoms with E-state index in [9.17, 15) is 9.90 Å². The van der Waals surface area contributed by atoms with Crippen LogP contribution in [0.1, 0.15) is 11.1 Å². The summed E-state index contributed by atoms with van der Waals surface area (Å²) in [5.41, 5.74) is 1.75. The third-order valence-corrected chi connectivity index (χ3v) is 4.58. The molecule has 0 saturated heterocycles. The third kappa shape index (κ3) is 8.68. The van der Waals surface area contributed by atoms with E-state index in [-0.39, 0.29) is 26.6 Å². The molecule has 2 N–H and O–H groups in total. The Morgan fingerprint density at radius 1 is 1.03 bits per heavy atom. The lowest BCUT2D eigenvalue weighted by molar-refractivity contribution is -0.143. The van der Waals surface area contributed by atoms with Crippen LogP contribution in [0, 0.1) is 0 Å². The molecule has 0 aliphatic heterocycles. The Labute approximate surface area is 188 Å². The van der Waals surface area contributed by atoms with Crippen LogP contribution in [0.15, 0.2) is 67.3 Å². The SMILES string of the molecule is C=C[C@@H](OCOC)[C@H](OCc1ccc(OC)cc1)[C@H](O)CNC(=O)OCc1ccccc1. The van der Waals surface area contributed by atoms with E-state index in [1.54, 1.807) is 7.11 Å². The summed E-state index contributed by atoms with van der Waals surface area (Å²) in [4.78, 5) is 12.0. The smallest absolute Gasteiger partial charge is 0.407 e. The second kappa shape index (κ2) is 14.2. The number of aliphatic hydroxyl groups is 1. The van der Waals surface area contributed by atoms with Crippen molar-refractivity contribution >= 4 is 6.09 Å². The van der Waals surface area contributed by atoms with Crippen LogP contribution in [0.5, 0.6) is 5.75 Å². The van der Waals surface area contributed by atoms with Gasteiger partial charge in [0.1, 0.15) is 37.5 Å². The van der Waals surface area contributed by atoms with Crippen molar-refractivity contribution in [3.05, 3.63) is 78.4 Å². The zero-order valence-corrected chi connectivity index (χ0v) is 18.4. The highest BCUT2D eigenvalue weighted by molar-refractivity contribution is 5.67. The van der Waals surface area contributed by atoms with Crippen molar-refractivity contribution in [2.45, 2.75) is 31.5 Å². The van der Waals surface area contributed by atoms with Gasteiger partial charge in [-0.1, -0.05) is 48.5 Å². The van der Waals surface area contributed by atoms with Crippen molar-refractivity contribution in [3.63, 3.8) is 0 Å². The summed E-state index contributed by atoms with van der Waals surface area (Å²) in [5, 5.41) is 13.3. The number of alkyl carbamates (subject to hydrolysis) is 1. The largest absolute Gasteiger partial charge is 0.497 e. The Kier molecular flexibility index (Phi) is 11.3. The number of hydrogen-bond acceptors (Lipinski definition) is 7. The molecular formula is C24H31NO7. The standard InChI is InChI=1S/C24H31NO7/c1-4-22(32-17-28-2)23(30-15-19-10-12-20(29-3)13-11-19)21(26)14-25-24(27)31-16-18-8-6-5-7-9-18/h4-13,21-23,26H,1,14-17H2,2-3H3,(H,25,27)/t21-,22-,23-/m1/s1. The lowest BCUT2D eigenvalue weighted by Gasteiger charge is -2.29. The number of hydrogen-bond donors (Lipinski definition) is 2. The van der Waals surface area contributed by atoms with Crippen molar-refractivity contribution in [1.82, 2.24) is 5.32 Å². The summed E-state index contributed by atoms with van der Waals surface area (Å²) in [6.45, 7) is 4.00. The maximum Gasteiger partial charge on any atom is 0.407 e. The van der Waals surface area contributed by atoms with Crippen molar-refractivity contribution in [1.29, 1.82) is 0 Å². The number of carbonyl (C=O) groups excluding carboxylic acids is 1. The van der Waals surface area contributed by atoms with Gasteiger partial charge in [0.05, 0.1) is 13.7 Å². The molecule has 0 aromatic heterocycles. The average molecular weight is 446 g/mol. The fourth-order valence-corrected chi connectivity index (χ4v) is 2.86. The van der Waals surface area contributed by atoms with Gasteiger partial charge in [-0.3, -0.25) is 0 Å². The van der Waals surface area contributed by atoms with Crippen molar-refractivity contribution in [3.8, 4) is 5.75 Å². The van der Waals surface area contributed by atoms with Gasteiger partial charge in [-0.15, -0.1) is 6.58 Å². The number of ether oxygens (including phenoxy) is 5. The molecule has 0 spiro atoms. The van der Waals surface area contributed by atoms with E-state index >= 15 is 0 Å². The normalized spacial score (nSPS) is 13.6. The monoisotopic (exact) mass is 445 g/mol. The van der Waals surface area contributed by atoms with Gasteiger partial charge in [-0.25, -0.2) is 4.79 Å². The first-order valence-corrected chi connectivity index (χ1v) is 10.2. The zero-order valence-electron chi connectivity index (χ0n) is 18.4. The average Bonchev–Trinajstić information content (AvgIpc) is 2.84. The Bertz CT molecular complexity index is 798. The number of amides is 1. The summed E-state index contributed by atoms with van der Waals surface area (Å²) < 4.78 is 26.8. The number of carbonyl (C=O) groups is 1. The predicted octanol–water partition coefficient (Wildman–Crippen LogP) is 3.04. The van der Waals surface area contributed by atoms with Gasteiger partial charge in [0.2, 0.25) is 0 Å². The molecule has 0 aliphatic rings. The van der Waals surface area contributed by atoms with Crippen LogP contribution in [0.2, 0.25) is 0 Å². The second-order valence-corrected chi connectivity index (χ2v) is 6.91. The molecule has 0 bridgehead atoms. The maximum atomic E-state index is 12.0. The van der Waals surface area contributed by atoms with E-state index in [0.717, 1.165) is 16.9 Å². The highest BCUT2D eigenvalue weighted by atomic mass is 16.7. The molecule has 174 valence electrons. The first-order valence-electron chi connectivity index (χ1n) is 10.2. The first kappa shape index (κ1) is 25.4. The van der Waals surface area contributed by atoms with Gasteiger partial charge in [0.15, 0.2) is 0 Å². The summed E-state index contributed by atoms with van der Waals surface area (Å²) in [6.07, 6.45) is -1.68. The van der Waals surface area contributed by atoms with Crippen molar-refractivity contribution in [2.24, 2.45) is 0 Å². The quantitative estimate of drug-likeness (QED) is 0.341. The Hall–Kier alpha value is -2.91. The molecule has 0 saturated carbocycles. The first-order chi connectivity index (χ1) is 15.6. The van der Waals surface area contributed by atoms with E-state index < -0.39 is 24.4 Å². The molecule has 0 radical (unpaired) electrons. The number of nitrogens with one attached hydrogen (secondary N) is 1. The molecule has 2 aromatic carbocycles. The van der Waals surface area contributed by atoms with Crippen LogP contribution in [-0.4, -0.2) is 57.1 Å². The van der Waals surface area contributed by atoms with Gasteiger partial charge in [-0.2, -0.15) is 0 Å². The molecular weight excluding hydrogens is 414 g/mol. The zero-order chi connectivity index (χ0) is 23.2. The molecule has 0 fully saturated rings. The van der Waals surface area contributed by atoms with Crippen LogP contribution in [0.25, 0.3) is 0 Å². The molecule has 8 nitrogen and oxygen atoms in total. The lowest BCUT2D eigenvalue weighted by Crippen LogP contribution is -2.46. The second-order valence-electron chi connectivity index (χ2n) is 6.91. The van der Waals surface area contributed by atoms with E-state index in [4.69, 9.17) is 23.7 Å². The minimum Gasteiger partial charge on any atom is -0.497 e. The summed E-state index contributed by atoms with van der Waals surface area (Å²) >= 11 is 0. The minimum absolute atomic E-state index is 0.00164. The third-order valence-electron chi connectivity index (χ3n) is 4.58. The molecule has 0 unspecified atom stereocenters.